The van der Waals surface area contributed by atoms with Crippen molar-refractivity contribution in [1.29, 1.82) is 0 Å². The highest BCUT2D eigenvalue weighted by molar-refractivity contribution is 7.91. The molecule has 1 aromatic rings. The Bertz CT molecular complexity index is 556. The van der Waals surface area contributed by atoms with Gasteiger partial charge in [-0.1, -0.05) is 25.0 Å². The maximum atomic E-state index is 11.8. The molecule has 1 aliphatic rings. The second-order valence-corrected chi connectivity index (χ2v) is 7.84. The number of nitrogens with one attached hydrogen (secondary N) is 1. The Labute approximate surface area is 132 Å². The normalized spacial score (nSPS) is 22.6. The second kappa shape index (κ2) is 8.06. The van der Waals surface area contributed by atoms with Crippen LogP contribution in [0.3, 0.4) is 0 Å². The fraction of sp³-hybridized carbons (Fsp3) is 0.625. The molecule has 0 spiro atoms. The Hall–Kier alpha value is -0.950. The SMILES string of the molecule is COC1CCCCC1NCc1ccc(S(=O)(=O)CCO)cc1. The molecule has 1 aliphatic carbocycles. The van der Waals surface area contributed by atoms with E-state index in [1.807, 2.05) is 12.1 Å². The number of rotatable bonds is 7. The monoisotopic (exact) mass is 327 g/mol. The van der Waals surface area contributed by atoms with E-state index in [0.717, 1.165) is 18.4 Å². The van der Waals surface area contributed by atoms with Gasteiger partial charge < -0.3 is 15.2 Å². The van der Waals surface area contributed by atoms with E-state index in [1.165, 1.54) is 12.8 Å². The lowest BCUT2D eigenvalue weighted by atomic mass is 9.92. The lowest BCUT2D eigenvalue weighted by Gasteiger charge is -2.31. The van der Waals surface area contributed by atoms with Gasteiger partial charge in [0.2, 0.25) is 0 Å². The molecule has 2 atom stereocenters. The predicted octanol–water partition coefficient (Wildman–Crippen LogP) is 1.50. The van der Waals surface area contributed by atoms with Crippen molar-refractivity contribution < 1.29 is 18.3 Å². The molecule has 1 saturated carbocycles. The van der Waals surface area contributed by atoms with Crippen LogP contribution in [0.4, 0.5) is 0 Å². The smallest absolute Gasteiger partial charge is 0.180 e. The molecule has 6 heteroatoms. The third-order valence-corrected chi connectivity index (χ3v) is 5.93. The average molecular weight is 327 g/mol. The first-order valence-corrected chi connectivity index (χ1v) is 9.41. The number of ether oxygens (including phenoxy) is 1. The number of methoxy groups -OCH3 is 1. The number of hydrogen-bond donors (Lipinski definition) is 2. The summed E-state index contributed by atoms with van der Waals surface area (Å²) in [6.45, 7) is 0.344. The van der Waals surface area contributed by atoms with Gasteiger partial charge in [-0.15, -0.1) is 0 Å². The van der Waals surface area contributed by atoms with E-state index < -0.39 is 9.84 Å². The standard InChI is InChI=1S/C16H25NO4S/c1-21-16-5-3-2-4-15(16)17-12-13-6-8-14(9-7-13)22(19,20)11-10-18/h6-9,15-18H,2-5,10-12H2,1H3. The molecule has 0 bridgehead atoms. The third kappa shape index (κ3) is 4.52. The van der Waals surface area contributed by atoms with Crippen LogP contribution in [0.2, 0.25) is 0 Å². The lowest BCUT2D eigenvalue weighted by Crippen LogP contribution is -2.42. The van der Waals surface area contributed by atoms with Crippen LogP contribution in [0.25, 0.3) is 0 Å². The number of benzene rings is 1. The average Bonchev–Trinajstić information content (AvgIpc) is 2.53. The zero-order chi connectivity index (χ0) is 16.0. The molecule has 0 heterocycles. The summed E-state index contributed by atoms with van der Waals surface area (Å²) >= 11 is 0. The van der Waals surface area contributed by atoms with Crippen LogP contribution in [0.1, 0.15) is 31.2 Å². The minimum Gasteiger partial charge on any atom is -0.395 e. The minimum atomic E-state index is -3.37. The van der Waals surface area contributed by atoms with E-state index in [9.17, 15) is 8.42 Å². The van der Waals surface area contributed by atoms with Crippen LogP contribution >= 0.6 is 0 Å². The Morgan fingerprint density at radius 3 is 2.55 bits per heavy atom. The molecular weight excluding hydrogens is 302 g/mol. The topological polar surface area (TPSA) is 75.6 Å². The zero-order valence-electron chi connectivity index (χ0n) is 13.0. The number of aliphatic hydroxyl groups is 1. The molecule has 0 aromatic heterocycles. The van der Waals surface area contributed by atoms with E-state index in [1.54, 1.807) is 19.2 Å². The molecule has 0 aliphatic heterocycles. The van der Waals surface area contributed by atoms with Crippen LogP contribution in [0.5, 0.6) is 0 Å². The summed E-state index contributed by atoms with van der Waals surface area (Å²) in [5.41, 5.74) is 1.04. The van der Waals surface area contributed by atoms with Crippen molar-refractivity contribution in [3.05, 3.63) is 29.8 Å². The quantitative estimate of drug-likeness (QED) is 0.794. The highest BCUT2D eigenvalue weighted by atomic mass is 32.2. The molecular formula is C16H25NO4S. The molecule has 0 saturated heterocycles. The Kier molecular flexibility index (Phi) is 6.37. The van der Waals surface area contributed by atoms with Gasteiger partial charge in [-0.3, -0.25) is 0 Å². The van der Waals surface area contributed by atoms with Crippen molar-refractivity contribution in [2.45, 2.75) is 49.3 Å². The van der Waals surface area contributed by atoms with Crippen molar-refractivity contribution in [2.75, 3.05) is 19.5 Å². The molecule has 2 unspecified atom stereocenters. The summed E-state index contributed by atoms with van der Waals surface area (Å²) in [7, 11) is -1.61. The van der Waals surface area contributed by atoms with Crippen molar-refractivity contribution >= 4 is 9.84 Å². The second-order valence-electron chi connectivity index (χ2n) is 5.73. The van der Waals surface area contributed by atoms with Gasteiger partial charge in [0.25, 0.3) is 0 Å². The molecule has 0 amide bonds. The summed E-state index contributed by atoms with van der Waals surface area (Å²) in [5.74, 6) is -0.234. The van der Waals surface area contributed by atoms with Crippen molar-refractivity contribution in [3.8, 4) is 0 Å². The maximum Gasteiger partial charge on any atom is 0.180 e. The molecule has 1 aromatic carbocycles. The van der Waals surface area contributed by atoms with Crippen LogP contribution in [0, 0.1) is 0 Å². The Morgan fingerprint density at radius 2 is 1.91 bits per heavy atom. The van der Waals surface area contributed by atoms with E-state index in [4.69, 9.17) is 9.84 Å². The van der Waals surface area contributed by atoms with Gasteiger partial charge >= 0.3 is 0 Å². The number of sulfone groups is 1. The highest BCUT2D eigenvalue weighted by Gasteiger charge is 2.24. The minimum absolute atomic E-state index is 0.234. The summed E-state index contributed by atoms with van der Waals surface area (Å²) in [4.78, 5) is 0.262. The largest absolute Gasteiger partial charge is 0.395 e. The highest BCUT2D eigenvalue weighted by Crippen LogP contribution is 2.21. The zero-order valence-corrected chi connectivity index (χ0v) is 13.8. The summed E-state index contributed by atoms with van der Waals surface area (Å²) in [6.07, 6.45) is 4.90. The van der Waals surface area contributed by atoms with E-state index in [2.05, 4.69) is 5.32 Å². The van der Waals surface area contributed by atoms with Crippen molar-refractivity contribution in [2.24, 2.45) is 0 Å². The predicted molar refractivity (Wildman–Crippen MR) is 85.5 cm³/mol. The molecule has 2 rings (SSSR count). The summed E-state index contributed by atoms with van der Waals surface area (Å²) in [6, 6.07) is 7.22. The fourth-order valence-electron chi connectivity index (χ4n) is 2.91. The van der Waals surface area contributed by atoms with E-state index >= 15 is 0 Å². The van der Waals surface area contributed by atoms with Crippen molar-refractivity contribution in [1.82, 2.24) is 5.32 Å². The van der Waals surface area contributed by atoms with Crippen LogP contribution in [0.15, 0.2) is 29.2 Å². The molecule has 0 radical (unpaired) electrons. The summed E-state index contributed by atoms with van der Waals surface area (Å²) < 4.78 is 29.2. The molecule has 1 fully saturated rings. The molecule has 22 heavy (non-hydrogen) atoms. The number of hydrogen-bond acceptors (Lipinski definition) is 5. The first-order valence-electron chi connectivity index (χ1n) is 7.75. The van der Waals surface area contributed by atoms with E-state index in [-0.39, 0.29) is 23.4 Å². The first kappa shape index (κ1) is 17.4. The van der Waals surface area contributed by atoms with Crippen LogP contribution in [-0.2, 0) is 21.1 Å². The van der Waals surface area contributed by atoms with Gasteiger partial charge in [-0.25, -0.2) is 8.42 Å². The van der Waals surface area contributed by atoms with Gasteiger partial charge in [0.05, 0.1) is 23.4 Å². The third-order valence-electron chi connectivity index (χ3n) is 4.22. The van der Waals surface area contributed by atoms with Crippen LogP contribution in [-0.4, -0.2) is 45.1 Å². The fourth-order valence-corrected chi connectivity index (χ4v) is 3.94. The van der Waals surface area contributed by atoms with Gasteiger partial charge in [0, 0.05) is 19.7 Å². The van der Waals surface area contributed by atoms with Gasteiger partial charge in [0.15, 0.2) is 9.84 Å². The Balaban J connectivity index is 1.94. The lowest BCUT2D eigenvalue weighted by molar-refractivity contribution is 0.0413. The molecule has 5 nitrogen and oxygen atoms in total. The first-order chi connectivity index (χ1) is 10.6. The van der Waals surface area contributed by atoms with Crippen LogP contribution < -0.4 is 5.32 Å². The van der Waals surface area contributed by atoms with Gasteiger partial charge in [0.1, 0.15) is 0 Å². The number of aliphatic hydroxyl groups excluding tert-OH is 1. The van der Waals surface area contributed by atoms with Gasteiger partial charge in [-0.2, -0.15) is 0 Å². The maximum absolute atomic E-state index is 11.8. The summed E-state index contributed by atoms with van der Waals surface area (Å²) in [5, 5.41) is 12.3. The van der Waals surface area contributed by atoms with Crippen molar-refractivity contribution in [3.63, 3.8) is 0 Å². The van der Waals surface area contributed by atoms with Gasteiger partial charge in [-0.05, 0) is 30.5 Å². The van der Waals surface area contributed by atoms with E-state index in [0.29, 0.717) is 12.6 Å². The molecule has 124 valence electrons. The molecule has 2 N–H and O–H groups in total. The Morgan fingerprint density at radius 1 is 1.23 bits per heavy atom.